The fourth-order valence-corrected chi connectivity index (χ4v) is 3.70. The lowest BCUT2D eigenvalue weighted by Gasteiger charge is -2.12. The molecule has 0 fully saturated rings. The molecule has 5 heteroatoms. The second kappa shape index (κ2) is 13.4. The molecule has 1 aromatic rings. The van der Waals surface area contributed by atoms with Crippen molar-refractivity contribution in [3.8, 4) is 0 Å². The van der Waals surface area contributed by atoms with Crippen molar-refractivity contribution in [1.29, 1.82) is 0 Å². The van der Waals surface area contributed by atoms with E-state index in [4.69, 9.17) is 5.11 Å². The highest BCUT2D eigenvalue weighted by Crippen LogP contribution is 2.14. The zero-order valence-corrected chi connectivity index (χ0v) is 17.6. The summed E-state index contributed by atoms with van der Waals surface area (Å²) in [5.41, 5.74) is 4.08. The molecule has 0 spiro atoms. The molecule has 0 aliphatic heterocycles. The van der Waals surface area contributed by atoms with Gasteiger partial charge in [0.15, 0.2) is 0 Å². The number of nitrogens with one attached hydrogen (secondary N) is 1. The van der Waals surface area contributed by atoms with Crippen LogP contribution in [0.15, 0.2) is 35.9 Å². The second-order valence-electron chi connectivity index (χ2n) is 6.95. The lowest BCUT2D eigenvalue weighted by molar-refractivity contribution is -0.140. The number of carbonyl (C=O) groups excluding carboxylic acids is 1. The highest BCUT2D eigenvalue weighted by molar-refractivity contribution is 7.99. The van der Waals surface area contributed by atoms with Crippen LogP contribution in [-0.4, -0.2) is 34.5 Å². The topological polar surface area (TPSA) is 66.4 Å². The van der Waals surface area contributed by atoms with Crippen molar-refractivity contribution in [2.24, 2.45) is 0 Å². The van der Waals surface area contributed by atoms with Gasteiger partial charge in [0.1, 0.15) is 6.04 Å². The molecule has 1 aromatic carbocycles. The lowest BCUT2D eigenvalue weighted by Crippen LogP contribution is -2.41. The van der Waals surface area contributed by atoms with Crippen LogP contribution < -0.4 is 5.32 Å². The predicted octanol–water partition coefficient (Wildman–Crippen LogP) is 4.62. The van der Waals surface area contributed by atoms with Crippen LogP contribution >= 0.6 is 11.8 Å². The van der Waals surface area contributed by atoms with E-state index in [1.54, 1.807) is 0 Å². The molecule has 0 aliphatic carbocycles. The van der Waals surface area contributed by atoms with Crippen molar-refractivity contribution in [2.45, 2.75) is 65.3 Å². The number of rotatable bonds is 13. The van der Waals surface area contributed by atoms with Gasteiger partial charge in [-0.2, -0.15) is 11.8 Å². The van der Waals surface area contributed by atoms with Gasteiger partial charge in [0.25, 0.3) is 0 Å². The number of hydrogen-bond acceptors (Lipinski definition) is 3. The van der Waals surface area contributed by atoms with Gasteiger partial charge < -0.3 is 10.4 Å². The summed E-state index contributed by atoms with van der Waals surface area (Å²) in [7, 11) is 0. The van der Waals surface area contributed by atoms with Gasteiger partial charge in [0, 0.05) is 18.4 Å². The van der Waals surface area contributed by atoms with E-state index in [1.165, 1.54) is 61.1 Å². The molecular formula is C22H33NO3S. The Hall–Kier alpha value is -1.75. The highest BCUT2D eigenvalue weighted by atomic mass is 32.2. The lowest BCUT2D eigenvalue weighted by atomic mass is 10.0. The zero-order valence-electron chi connectivity index (χ0n) is 16.8. The van der Waals surface area contributed by atoms with Gasteiger partial charge in [0.05, 0.1) is 0 Å². The summed E-state index contributed by atoms with van der Waals surface area (Å²) in [6.07, 6.45) is 9.15. The van der Waals surface area contributed by atoms with Gasteiger partial charge in [-0.25, -0.2) is 4.79 Å². The number of benzene rings is 1. The van der Waals surface area contributed by atoms with E-state index < -0.39 is 12.0 Å². The van der Waals surface area contributed by atoms with Crippen LogP contribution in [0.1, 0.15) is 57.6 Å². The SMILES string of the molecule is CCCCCc1ccc(CC/C(C)=C/CSC[C@H](NC(C)=O)C(=O)O)cc1. The third-order valence-electron chi connectivity index (χ3n) is 4.41. The first-order valence-corrected chi connectivity index (χ1v) is 10.9. The number of carbonyl (C=O) groups is 2. The summed E-state index contributed by atoms with van der Waals surface area (Å²) in [5, 5.41) is 11.5. The number of carboxylic acids is 1. The molecule has 0 heterocycles. The van der Waals surface area contributed by atoms with Crippen LogP contribution in [0.25, 0.3) is 0 Å². The van der Waals surface area contributed by atoms with E-state index in [0.717, 1.165) is 18.6 Å². The predicted molar refractivity (Wildman–Crippen MR) is 114 cm³/mol. The van der Waals surface area contributed by atoms with Crippen molar-refractivity contribution >= 4 is 23.6 Å². The van der Waals surface area contributed by atoms with Crippen molar-refractivity contribution in [3.63, 3.8) is 0 Å². The van der Waals surface area contributed by atoms with Gasteiger partial charge in [-0.1, -0.05) is 55.7 Å². The fourth-order valence-electron chi connectivity index (χ4n) is 2.70. The maximum atomic E-state index is 11.1. The number of aliphatic carboxylic acids is 1. The van der Waals surface area contributed by atoms with Crippen LogP contribution in [0.3, 0.4) is 0 Å². The van der Waals surface area contributed by atoms with Gasteiger partial charge in [-0.15, -0.1) is 0 Å². The first kappa shape index (κ1) is 23.3. The van der Waals surface area contributed by atoms with E-state index in [2.05, 4.69) is 49.5 Å². The molecule has 0 saturated heterocycles. The summed E-state index contributed by atoms with van der Waals surface area (Å²) in [4.78, 5) is 22.1. The van der Waals surface area contributed by atoms with Crippen molar-refractivity contribution in [2.75, 3.05) is 11.5 Å². The Bertz CT molecular complexity index is 610. The molecule has 2 N–H and O–H groups in total. The Morgan fingerprint density at radius 3 is 2.30 bits per heavy atom. The number of unbranched alkanes of at least 4 members (excludes halogenated alkanes) is 2. The third-order valence-corrected chi connectivity index (χ3v) is 5.38. The monoisotopic (exact) mass is 391 g/mol. The normalized spacial score (nSPS) is 12.6. The van der Waals surface area contributed by atoms with E-state index >= 15 is 0 Å². The van der Waals surface area contributed by atoms with E-state index in [1.807, 2.05) is 0 Å². The number of amides is 1. The van der Waals surface area contributed by atoms with Gasteiger partial charge in [-0.05, 0) is 43.7 Å². The average Bonchev–Trinajstić information content (AvgIpc) is 2.63. The van der Waals surface area contributed by atoms with E-state index in [9.17, 15) is 9.59 Å². The number of aryl methyl sites for hydroxylation is 2. The Morgan fingerprint density at radius 2 is 1.74 bits per heavy atom. The largest absolute Gasteiger partial charge is 0.480 e. The maximum Gasteiger partial charge on any atom is 0.327 e. The van der Waals surface area contributed by atoms with Crippen LogP contribution in [0.4, 0.5) is 0 Å². The minimum absolute atomic E-state index is 0.314. The molecule has 0 bridgehead atoms. The van der Waals surface area contributed by atoms with E-state index in [-0.39, 0.29) is 5.91 Å². The van der Waals surface area contributed by atoms with Gasteiger partial charge in [-0.3, -0.25) is 4.79 Å². The molecule has 0 unspecified atom stereocenters. The fraction of sp³-hybridized carbons (Fsp3) is 0.545. The van der Waals surface area contributed by atoms with Crippen LogP contribution in [-0.2, 0) is 22.4 Å². The molecule has 0 aliphatic rings. The molecule has 1 amide bonds. The van der Waals surface area contributed by atoms with E-state index in [0.29, 0.717) is 5.75 Å². The van der Waals surface area contributed by atoms with Gasteiger partial charge in [0.2, 0.25) is 5.91 Å². The minimum atomic E-state index is -0.989. The van der Waals surface area contributed by atoms with Crippen molar-refractivity contribution in [1.82, 2.24) is 5.32 Å². The Balaban J connectivity index is 2.31. The first-order chi connectivity index (χ1) is 12.9. The Kier molecular flexibility index (Phi) is 11.6. The van der Waals surface area contributed by atoms with Crippen LogP contribution in [0.5, 0.6) is 0 Å². The molecule has 4 nitrogen and oxygen atoms in total. The average molecular weight is 392 g/mol. The Labute approximate surface area is 167 Å². The summed E-state index contributed by atoms with van der Waals surface area (Å²) in [5.74, 6) is -0.174. The maximum absolute atomic E-state index is 11.1. The highest BCUT2D eigenvalue weighted by Gasteiger charge is 2.17. The summed E-state index contributed by atoms with van der Waals surface area (Å²) >= 11 is 1.52. The first-order valence-electron chi connectivity index (χ1n) is 9.73. The van der Waals surface area contributed by atoms with Crippen molar-refractivity contribution < 1.29 is 14.7 Å². The molecule has 150 valence electrons. The summed E-state index contributed by atoms with van der Waals surface area (Å²) in [6.45, 7) is 5.68. The van der Waals surface area contributed by atoms with Gasteiger partial charge >= 0.3 is 5.97 Å². The van der Waals surface area contributed by atoms with Crippen LogP contribution in [0.2, 0.25) is 0 Å². The molecule has 0 radical (unpaired) electrons. The molecule has 0 aromatic heterocycles. The second-order valence-corrected chi connectivity index (χ2v) is 8.03. The summed E-state index contributed by atoms with van der Waals surface area (Å²) in [6, 6.07) is 8.13. The molecule has 1 atom stereocenters. The molecule has 0 saturated carbocycles. The standard InChI is InChI=1S/C22H33NO3S/c1-4-5-6-7-19-10-12-20(13-11-19)9-8-17(2)14-15-27-16-21(22(25)26)23-18(3)24/h10-14,21H,4-9,15-16H2,1-3H3,(H,23,24)(H,25,26)/b17-14+/t21-/m0/s1. The number of carboxylic acid groups (broad SMARTS) is 1. The Morgan fingerprint density at radius 1 is 1.11 bits per heavy atom. The quantitative estimate of drug-likeness (QED) is 0.380. The van der Waals surface area contributed by atoms with Crippen molar-refractivity contribution in [3.05, 3.63) is 47.0 Å². The number of hydrogen-bond donors (Lipinski definition) is 2. The molecular weight excluding hydrogens is 358 g/mol. The minimum Gasteiger partial charge on any atom is -0.480 e. The summed E-state index contributed by atoms with van der Waals surface area (Å²) < 4.78 is 0. The zero-order chi connectivity index (χ0) is 20.1. The third kappa shape index (κ3) is 10.9. The number of thioether (sulfide) groups is 1. The number of allylic oxidation sites excluding steroid dienone is 1. The molecule has 1 rings (SSSR count). The molecule has 27 heavy (non-hydrogen) atoms. The smallest absolute Gasteiger partial charge is 0.327 e. The van der Waals surface area contributed by atoms with Crippen LogP contribution in [0, 0.1) is 0 Å².